The van der Waals surface area contributed by atoms with Crippen LogP contribution in [0.4, 0.5) is 0 Å². The molecule has 0 amide bonds. The molecule has 1 atom stereocenters. The molecule has 0 radical (unpaired) electrons. The fraction of sp³-hybridized carbons (Fsp3) is 0.600. The van der Waals surface area contributed by atoms with E-state index in [1.807, 2.05) is 13.1 Å². The summed E-state index contributed by atoms with van der Waals surface area (Å²) >= 11 is 0. The topological polar surface area (TPSA) is 33.7 Å². The second kappa shape index (κ2) is 6.26. The number of benzene rings is 1. The van der Waals surface area contributed by atoms with Crippen LogP contribution in [-0.4, -0.2) is 44.8 Å². The van der Waals surface area contributed by atoms with Crippen LogP contribution in [0.25, 0.3) is 0 Å². The summed E-state index contributed by atoms with van der Waals surface area (Å²) in [5.41, 5.74) is 1.24. The van der Waals surface area contributed by atoms with Crippen molar-refractivity contribution < 1.29 is 9.47 Å². The lowest BCUT2D eigenvalue weighted by atomic mass is 10.1. The van der Waals surface area contributed by atoms with Crippen molar-refractivity contribution >= 4 is 0 Å². The van der Waals surface area contributed by atoms with Crippen LogP contribution in [0, 0.1) is 0 Å². The summed E-state index contributed by atoms with van der Waals surface area (Å²) in [5.74, 6) is 1.71. The first-order valence-electron chi connectivity index (χ1n) is 6.89. The Labute approximate surface area is 115 Å². The molecule has 0 saturated heterocycles. The molecule has 4 nitrogen and oxygen atoms in total. The molecule has 0 aromatic heterocycles. The number of hydrogen-bond acceptors (Lipinski definition) is 4. The Hall–Kier alpha value is -1.26. The molecule has 106 valence electrons. The number of nitrogens with one attached hydrogen (secondary N) is 1. The molecule has 0 fully saturated rings. The minimum Gasteiger partial charge on any atom is -0.486 e. The van der Waals surface area contributed by atoms with Crippen LogP contribution in [0.5, 0.6) is 11.5 Å². The van der Waals surface area contributed by atoms with Gasteiger partial charge in [0.05, 0.1) is 0 Å². The largest absolute Gasteiger partial charge is 0.486 e. The lowest BCUT2D eigenvalue weighted by molar-refractivity contribution is 0.171. The van der Waals surface area contributed by atoms with Gasteiger partial charge >= 0.3 is 0 Å². The van der Waals surface area contributed by atoms with Gasteiger partial charge in [0, 0.05) is 18.6 Å². The average Bonchev–Trinajstić information content (AvgIpc) is 2.43. The minimum atomic E-state index is 0.295. The number of rotatable bonds is 5. The molecule has 1 aromatic rings. The zero-order valence-electron chi connectivity index (χ0n) is 12.3. The first kappa shape index (κ1) is 14.2. The summed E-state index contributed by atoms with van der Waals surface area (Å²) < 4.78 is 11.2. The molecule has 1 aliphatic rings. The smallest absolute Gasteiger partial charge is 0.161 e. The predicted molar refractivity (Wildman–Crippen MR) is 77.0 cm³/mol. The van der Waals surface area contributed by atoms with Gasteiger partial charge in [-0.2, -0.15) is 0 Å². The Bertz CT molecular complexity index is 421. The Kier molecular flexibility index (Phi) is 4.66. The minimum absolute atomic E-state index is 0.295. The molecular weight excluding hydrogens is 240 g/mol. The van der Waals surface area contributed by atoms with Crippen molar-refractivity contribution in [2.75, 3.05) is 33.9 Å². The van der Waals surface area contributed by atoms with Crippen molar-refractivity contribution in [2.45, 2.75) is 25.9 Å². The van der Waals surface area contributed by atoms with Crippen molar-refractivity contribution in [3.05, 3.63) is 23.8 Å². The van der Waals surface area contributed by atoms with Crippen molar-refractivity contribution in [3.8, 4) is 11.5 Å². The third-order valence-electron chi connectivity index (χ3n) is 3.67. The second-order valence-corrected chi connectivity index (χ2v) is 5.28. The van der Waals surface area contributed by atoms with Crippen molar-refractivity contribution in [1.82, 2.24) is 10.2 Å². The number of nitrogens with zero attached hydrogens (tertiary/aromatic N) is 1. The van der Waals surface area contributed by atoms with Gasteiger partial charge in [-0.05, 0) is 45.6 Å². The van der Waals surface area contributed by atoms with E-state index in [1.54, 1.807) is 0 Å². The Morgan fingerprint density at radius 1 is 1.21 bits per heavy atom. The standard InChI is InChI=1S/C15H24N2O2/c1-11(2)17(4)10-13(16-3)12-5-6-14-15(9-12)19-8-7-18-14/h5-6,9,11,13,16H,7-8,10H2,1-4H3. The number of hydrogen-bond donors (Lipinski definition) is 1. The number of ether oxygens (including phenoxy) is 2. The van der Waals surface area contributed by atoms with Crippen LogP contribution < -0.4 is 14.8 Å². The zero-order valence-corrected chi connectivity index (χ0v) is 12.3. The van der Waals surface area contributed by atoms with Gasteiger partial charge in [-0.15, -0.1) is 0 Å². The molecule has 0 spiro atoms. The highest BCUT2D eigenvalue weighted by Gasteiger charge is 2.18. The maximum absolute atomic E-state index is 5.64. The fourth-order valence-electron chi connectivity index (χ4n) is 2.14. The van der Waals surface area contributed by atoms with Crippen LogP contribution in [-0.2, 0) is 0 Å². The first-order valence-corrected chi connectivity index (χ1v) is 6.89. The predicted octanol–water partition coefficient (Wildman–Crippen LogP) is 2.06. The van der Waals surface area contributed by atoms with Crippen LogP contribution in [0.15, 0.2) is 18.2 Å². The third-order valence-corrected chi connectivity index (χ3v) is 3.67. The molecule has 1 heterocycles. The molecule has 0 saturated carbocycles. The van der Waals surface area contributed by atoms with Crippen LogP contribution in [0.2, 0.25) is 0 Å². The van der Waals surface area contributed by atoms with Crippen molar-refractivity contribution in [3.63, 3.8) is 0 Å². The van der Waals surface area contributed by atoms with Gasteiger partial charge in [0.15, 0.2) is 11.5 Å². The molecule has 4 heteroatoms. The summed E-state index contributed by atoms with van der Waals surface area (Å²) in [4.78, 5) is 2.33. The highest BCUT2D eigenvalue weighted by Crippen LogP contribution is 2.32. The van der Waals surface area contributed by atoms with E-state index in [0.717, 1.165) is 18.0 Å². The monoisotopic (exact) mass is 264 g/mol. The first-order chi connectivity index (χ1) is 9.11. The van der Waals surface area contributed by atoms with E-state index in [9.17, 15) is 0 Å². The van der Waals surface area contributed by atoms with Gasteiger partial charge in [0.1, 0.15) is 13.2 Å². The maximum Gasteiger partial charge on any atom is 0.161 e. The molecule has 1 aromatic carbocycles. The fourth-order valence-corrected chi connectivity index (χ4v) is 2.14. The SMILES string of the molecule is CNC(CN(C)C(C)C)c1ccc2c(c1)OCCO2. The van der Waals surface area contributed by atoms with E-state index in [-0.39, 0.29) is 0 Å². The summed E-state index contributed by atoms with van der Waals surface area (Å²) in [6.07, 6.45) is 0. The molecule has 1 unspecified atom stereocenters. The second-order valence-electron chi connectivity index (χ2n) is 5.28. The summed E-state index contributed by atoms with van der Waals surface area (Å²) in [7, 11) is 4.14. The van der Waals surface area contributed by atoms with Crippen LogP contribution >= 0.6 is 0 Å². The van der Waals surface area contributed by atoms with Crippen molar-refractivity contribution in [2.24, 2.45) is 0 Å². The van der Waals surface area contributed by atoms with E-state index < -0.39 is 0 Å². The van der Waals surface area contributed by atoms with Gasteiger partial charge in [-0.3, -0.25) is 0 Å². The van der Waals surface area contributed by atoms with Crippen molar-refractivity contribution in [1.29, 1.82) is 0 Å². The lowest BCUT2D eigenvalue weighted by Crippen LogP contribution is -2.35. The van der Waals surface area contributed by atoms with E-state index >= 15 is 0 Å². The molecule has 0 aliphatic carbocycles. The van der Waals surface area contributed by atoms with Gasteiger partial charge in [0.25, 0.3) is 0 Å². The van der Waals surface area contributed by atoms with Crippen LogP contribution in [0.3, 0.4) is 0 Å². The van der Waals surface area contributed by atoms with E-state index in [0.29, 0.717) is 25.3 Å². The normalized spacial score (nSPS) is 15.9. The highest BCUT2D eigenvalue weighted by atomic mass is 16.6. The quantitative estimate of drug-likeness (QED) is 0.882. The summed E-state index contributed by atoms with van der Waals surface area (Å²) in [6.45, 7) is 6.64. The number of fused-ring (bicyclic) bond motifs is 1. The summed E-state index contributed by atoms with van der Waals surface area (Å²) in [6, 6.07) is 7.03. The van der Waals surface area contributed by atoms with E-state index in [2.05, 4.69) is 43.2 Å². The molecule has 1 aliphatic heterocycles. The van der Waals surface area contributed by atoms with Gasteiger partial charge in [0.2, 0.25) is 0 Å². The molecular formula is C15H24N2O2. The van der Waals surface area contributed by atoms with Gasteiger partial charge in [-0.1, -0.05) is 6.07 Å². The molecule has 2 rings (SSSR count). The molecule has 19 heavy (non-hydrogen) atoms. The Morgan fingerprint density at radius 3 is 2.53 bits per heavy atom. The number of likely N-dealkylation sites (N-methyl/N-ethyl adjacent to an activating group) is 2. The lowest BCUT2D eigenvalue weighted by Gasteiger charge is -2.28. The Balaban J connectivity index is 2.14. The molecule has 0 bridgehead atoms. The maximum atomic E-state index is 5.64. The van der Waals surface area contributed by atoms with Gasteiger partial charge < -0.3 is 19.7 Å². The molecule has 1 N–H and O–H groups in total. The van der Waals surface area contributed by atoms with E-state index in [4.69, 9.17) is 9.47 Å². The van der Waals surface area contributed by atoms with E-state index in [1.165, 1.54) is 5.56 Å². The van der Waals surface area contributed by atoms with Gasteiger partial charge in [-0.25, -0.2) is 0 Å². The highest BCUT2D eigenvalue weighted by molar-refractivity contribution is 5.44. The Morgan fingerprint density at radius 2 is 1.89 bits per heavy atom. The zero-order chi connectivity index (χ0) is 13.8. The van der Waals surface area contributed by atoms with Crippen LogP contribution in [0.1, 0.15) is 25.5 Å². The third kappa shape index (κ3) is 3.39. The summed E-state index contributed by atoms with van der Waals surface area (Å²) in [5, 5.41) is 3.37. The average molecular weight is 264 g/mol.